The quantitative estimate of drug-likeness (QED) is 0.783. The minimum atomic E-state index is -1.09. The maximum atomic E-state index is 10.9. The molecule has 2 N–H and O–H groups in total. The zero-order chi connectivity index (χ0) is 19.4. The van der Waals surface area contributed by atoms with Gasteiger partial charge in [0, 0.05) is 24.7 Å². The Bertz CT molecular complexity index is 781. The summed E-state index contributed by atoms with van der Waals surface area (Å²) in [6.07, 6.45) is 0. The van der Waals surface area contributed by atoms with Gasteiger partial charge < -0.3 is 15.2 Å². The van der Waals surface area contributed by atoms with Crippen molar-refractivity contribution in [3.8, 4) is 0 Å². The number of anilines is 1. The molecule has 1 fully saturated rings. The van der Waals surface area contributed by atoms with E-state index in [1.54, 1.807) is 6.07 Å². The highest BCUT2D eigenvalue weighted by Gasteiger charge is 2.32. The zero-order valence-electron chi connectivity index (χ0n) is 15.4. The summed E-state index contributed by atoms with van der Waals surface area (Å²) in [6, 6.07) is 11.0. The summed E-state index contributed by atoms with van der Waals surface area (Å²) in [7, 11) is 0. The van der Waals surface area contributed by atoms with Crippen LogP contribution in [0, 0.1) is 0 Å². The average molecular weight is 391 g/mol. The van der Waals surface area contributed by atoms with E-state index in [9.17, 15) is 4.79 Å². The molecule has 1 aliphatic rings. The van der Waals surface area contributed by atoms with Crippen LogP contribution in [0.1, 0.15) is 35.9 Å². The number of nitrogens with one attached hydrogen (secondary N) is 1. The van der Waals surface area contributed by atoms with E-state index in [1.165, 1.54) is 6.07 Å². The summed E-state index contributed by atoms with van der Waals surface area (Å²) in [5, 5.41) is 20.6. The number of morpholine rings is 1. The predicted molar refractivity (Wildman–Crippen MR) is 103 cm³/mol. The molecule has 2 heterocycles. The number of rotatable bonds is 6. The summed E-state index contributed by atoms with van der Waals surface area (Å²) in [4.78, 5) is 13.3. The Morgan fingerprint density at radius 2 is 2.04 bits per heavy atom. The fraction of sp³-hybridized carbons (Fsp3) is 0.421. The summed E-state index contributed by atoms with van der Waals surface area (Å²) in [6.45, 7) is 7.06. The van der Waals surface area contributed by atoms with Crippen molar-refractivity contribution in [2.75, 3.05) is 31.6 Å². The molecule has 2 aromatic rings. The molecule has 1 atom stereocenters. The van der Waals surface area contributed by atoms with Gasteiger partial charge in [-0.3, -0.25) is 4.90 Å². The zero-order valence-corrected chi connectivity index (χ0v) is 16.1. The Morgan fingerprint density at radius 1 is 1.30 bits per heavy atom. The lowest BCUT2D eigenvalue weighted by Crippen LogP contribution is -2.50. The fourth-order valence-corrected chi connectivity index (χ4v) is 3.33. The Hall–Kier alpha value is -2.22. The predicted octanol–water partition coefficient (Wildman–Crippen LogP) is 3.09. The second-order valence-electron chi connectivity index (χ2n) is 7.14. The molecular weight excluding hydrogens is 368 g/mol. The Morgan fingerprint density at radius 3 is 2.63 bits per heavy atom. The van der Waals surface area contributed by atoms with Crippen LogP contribution in [0.2, 0.25) is 5.02 Å². The number of aromatic carboxylic acids is 1. The van der Waals surface area contributed by atoms with Gasteiger partial charge in [-0.25, -0.2) is 4.79 Å². The molecule has 0 amide bonds. The molecule has 144 valence electrons. The van der Waals surface area contributed by atoms with Crippen molar-refractivity contribution in [3.63, 3.8) is 0 Å². The van der Waals surface area contributed by atoms with E-state index >= 15 is 0 Å². The van der Waals surface area contributed by atoms with Crippen LogP contribution in [-0.2, 0) is 4.74 Å². The fourth-order valence-electron chi connectivity index (χ4n) is 3.20. The smallest absolute Gasteiger partial charge is 0.356 e. The van der Waals surface area contributed by atoms with E-state index in [4.69, 9.17) is 21.4 Å². The van der Waals surface area contributed by atoms with Gasteiger partial charge in [-0.05, 0) is 43.7 Å². The second-order valence-corrected chi connectivity index (χ2v) is 7.57. The van der Waals surface area contributed by atoms with Crippen LogP contribution < -0.4 is 5.32 Å². The number of aromatic nitrogens is 2. The molecule has 0 radical (unpaired) electrons. The number of ether oxygens (including phenoxy) is 1. The van der Waals surface area contributed by atoms with Crippen LogP contribution in [-0.4, -0.2) is 58.0 Å². The third kappa shape index (κ3) is 5.15. The van der Waals surface area contributed by atoms with Crippen molar-refractivity contribution in [2.45, 2.75) is 25.5 Å². The third-order valence-corrected chi connectivity index (χ3v) is 4.76. The number of carboxylic acids is 1. The molecule has 1 aromatic carbocycles. The van der Waals surface area contributed by atoms with Crippen molar-refractivity contribution in [2.24, 2.45) is 0 Å². The minimum absolute atomic E-state index is 0.0790. The molecule has 1 saturated heterocycles. The number of benzene rings is 1. The number of hydrogen-bond donors (Lipinski definition) is 2. The van der Waals surface area contributed by atoms with Crippen LogP contribution in [0.25, 0.3) is 0 Å². The summed E-state index contributed by atoms with van der Waals surface area (Å²) < 4.78 is 5.84. The van der Waals surface area contributed by atoms with E-state index in [2.05, 4.69) is 34.3 Å². The van der Waals surface area contributed by atoms with Crippen molar-refractivity contribution in [1.29, 1.82) is 0 Å². The van der Waals surface area contributed by atoms with Crippen molar-refractivity contribution >= 4 is 23.4 Å². The number of carbonyl (C=O) groups is 1. The first-order valence-corrected chi connectivity index (χ1v) is 9.16. The van der Waals surface area contributed by atoms with Crippen LogP contribution in [0.4, 0.5) is 5.82 Å². The molecule has 27 heavy (non-hydrogen) atoms. The van der Waals surface area contributed by atoms with E-state index < -0.39 is 5.97 Å². The van der Waals surface area contributed by atoms with E-state index in [0.29, 0.717) is 24.0 Å². The molecule has 0 saturated carbocycles. The van der Waals surface area contributed by atoms with Crippen molar-refractivity contribution < 1.29 is 14.6 Å². The first-order valence-electron chi connectivity index (χ1n) is 8.78. The van der Waals surface area contributed by atoms with Gasteiger partial charge in [0.1, 0.15) is 5.82 Å². The van der Waals surface area contributed by atoms with E-state index in [1.807, 2.05) is 24.3 Å². The number of hydrogen-bond acceptors (Lipinski definition) is 6. The number of halogens is 1. The highest BCUT2D eigenvalue weighted by Crippen LogP contribution is 2.28. The van der Waals surface area contributed by atoms with Gasteiger partial charge in [0.25, 0.3) is 0 Å². The lowest BCUT2D eigenvalue weighted by Gasteiger charge is -2.42. The first kappa shape index (κ1) is 19.5. The third-order valence-electron chi connectivity index (χ3n) is 4.51. The van der Waals surface area contributed by atoms with Crippen LogP contribution in [0.5, 0.6) is 0 Å². The molecule has 0 aliphatic carbocycles. The monoisotopic (exact) mass is 390 g/mol. The van der Waals surface area contributed by atoms with Crippen LogP contribution >= 0.6 is 11.6 Å². The molecule has 8 heteroatoms. The number of carboxylic acid groups (broad SMARTS) is 1. The Balaban J connectivity index is 1.77. The molecule has 3 rings (SSSR count). The SMILES string of the molecule is CC1(C)CN([C@@H](CNc2ccc(C(=O)O)nn2)c2ccc(Cl)cc2)CCO1. The molecule has 0 spiro atoms. The van der Waals surface area contributed by atoms with Gasteiger partial charge in [0.2, 0.25) is 0 Å². The van der Waals surface area contributed by atoms with E-state index in [-0.39, 0.29) is 17.3 Å². The standard InChI is InChI=1S/C19H23ClN4O3/c1-19(2)12-24(9-10-27-19)16(13-3-5-14(20)6-4-13)11-21-17-8-7-15(18(25)26)22-23-17/h3-8,16H,9-12H2,1-2H3,(H,21,23)(H,25,26)/t16-/m0/s1. The van der Waals surface area contributed by atoms with Crippen LogP contribution in [0.15, 0.2) is 36.4 Å². The van der Waals surface area contributed by atoms with Gasteiger partial charge in [-0.1, -0.05) is 23.7 Å². The van der Waals surface area contributed by atoms with Crippen LogP contribution in [0.3, 0.4) is 0 Å². The van der Waals surface area contributed by atoms with Crippen molar-refractivity contribution in [1.82, 2.24) is 15.1 Å². The Kier molecular flexibility index (Phi) is 5.94. The van der Waals surface area contributed by atoms with Gasteiger partial charge >= 0.3 is 5.97 Å². The molecular formula is C19H23ClN4O3. The summed E-state index contributed by atoms with van der Waals surface area (Å²) >= 11 is 6.05. The largest absolute Gasteiger partial charge is 0.476 e. The average Bonchev–Trinajstić information content (AvgIpc) is 2.63. The molecule has 7 nitrogen and oxygen atoms in total. The van der Waals surface area contributed by atoms with E-state index in [0.717, 1.165) is 18.7 Å². The van der Waals surface area contributed by atoms with Gasteiger partial charge in [0.15, 0.2) is 5.69 Å². The Labute approximate surface area is 163 Å². The summed E-state index contributed by atoms with van der Waals surface area (Å²) in [5.74, 6) is -0.560. The topological polar surface area (TPSA) is 87.6 Å². The van der Waals surface area contributed by atoms with Gasteiger partial charge in [-0.15, -0.1) is 10.2 Å². The summed E-state index contributed by atoms with van der Waals surface area (Å²) in [5.41, 5.74) is 0.843. The first-order chi connectivity index (χ1) is 12.8. The maximum Gasteiger partial charge on any atom is 0.356 e. The second kappa shape index (κ2) is 8.21. The maximum absolute atomic E-state index is 10.9. The minimum Gasteiger partial charge on any atom is -0.476 e. The molecule has 1 aliphatic heterocycles. The van der Waals surface area contributed by atoms with Gasteiger partial charge in [0.05, 0.1) is 18.2 Å². The molecule has 1 aromatic heterocycles. The highest BCUT2D eigenvalue weighted by molar-refractivity contribution is 6.30. The van der Waals surface area contributed by atoms with Crippen molar-refractivity contribution in [3.05, 3.63) is 52.7 Å². The normalized spacial score (nSPS) is 18.0. The number of nitrogens with zero attached hydrogens (tertiary/aromatic N) is 3. The molecule has 0 unspecified atom stereocenters. The lowest BCUT2D eigenvalue weighted by molar-refractivity contribution is -0.0963. The highest BCUT2D eigenvalue weighted by atomic mass is 35.5. The lowest BCUT2D eigenvalue weighted by atomic mass is 10.0. The molecule has 0 bridgehead atoms. The van der Waals surface area contributed by atoms with Gasteiger partial charge in [-0.2, -0.15) is 0 Å².